The minimum atomic E-state index is -0.312. The van der Waals surface area contributed by atoms with Crippen LogP contribution < -0.4 is 0 Å². The van der Waals surface area contributed by atoms with Crippen molar-refractivity contribution in [1.29, 1.82) is 0 Å². The smallest absolute Gasteiger partial charge is 0.162 e. The molecule has 0 N–H and O–H groups in total. The predicted molar refractivity (Wildman–Crippen MR) is 69.4 cm³/mol. The lowest BCUT2D eigenvalue weighted by molar-refractivity contribution is -0.115. The zero-order valence-electron chi connectivity index (χ0n) is 9.51. The van der Waals surface area contributed by atoms with Crippen LogP contribution in [0.5, 0.6) is 0 Å². The van der Waals surface area contributed by atoms with E-state index in [1.54, 1.807) is 12.1 Å². The van der Waals surface area contributed by atoms with Crippen molar-refractivity contribution in [1.82, 2.24) is 0 Å². The number of carbonyl (C=O) groups is 1. The van der Waals surface area contributed by atoms with E-state index in [4.69, 9.17) is 0 Å². The van der Waals surface area contributed by atoms with Crippen molar-refractivity contribution in [2.24, 2.45) is 0 Å². The molecule has 0 fully saturated rings. The number of benzene rings is 1. The summed E-state index contributed by atoms with van der Waals surface area (Å²) in [6.45, 7) is 0. The molecule has 0 bridgehead atoms. The van der Waals surface area contributed by atoms with E-state index >= 15 is 0 Å². The first-order chi connectivity index (χ1) is 8.18. The molecule has 0 radical (unpaired) electrons. The maximum Gasteiger partial charge on any atom is 0.162 e. The van der Waals surface area contributed by atoms with Crippen LogP contribution in [-0.2, 0) is 11.2 Å². The van der Waals surface area contributed by atoms with Crippen LogP contribution in [0, 0.1) is 5.82 Å². The van der Waals surface area contributed by atoms with Crippen molar-refractivity contribution < 1.29 is 9.18 Å². The highest BCUT2D eigenvalue weighted by atomic mass is 79.9. The Morgan fingerprint density at radius 2 is 2.18 bits per heavy atom. The Hall–Kier alpha value is -0.960. The van der Waals surface area contributed by atoms with Gasteiger partial charge in [0.15, 0.2) is 5.78 Å². The van der Waals surface area contributed by atoms with E-state index in [9.17, 15) is 9.18 Å². The third-order valence-electron chi connectivity index (χ3n) is 3.03. The largest absolute Gasteiger partial charge is 0.294 e. The topological polar surface area (TPSA) is 17.1 Å². The number of allylic oxidation sites excluding steroid dienone is 2. The Kier molecular flexibility index (Phi) is 4.11. The summed E-state index contributed by atoms with van der Waals surface area (Å²) in [4.78, 5) is 12.0. The highest BCUT2D eigenvalue weighted by Gasteiger charge is 2.15. The van der Waals surface area contributed by atoms with Crippen LogP contribution in [0.1, 0.15) is 31.2 Å². The van der Waals surface area contributed by atoms with Gasteiger partial charge in [-0.05, 0) is 58.8 Å². The van der Waals surface area contributed by atoms with Crippen LogP contribution in [0.3, 0.4) is 0 Å². The van der Waals surface area contributed by atoms with Crippen molar-refractivity contribution >= 4 is 21.7 Å². The Bertz CT molecular complexity index is 465. The average Bonchev–Trinajstić information content (AvgIpc) is 2.36. The Morgan fingerprint density at radius 3 is 2.88 bits per heavy atom. The molecule has 2 rings (SSSR count). The monoisotopic (exact) mass is 296 g/mol. The van der Waals surface area contributed by atoms with Gasteiger partial charge in [-0.3, -0.25) is 4.79 Å². The van der Waals surface area contributed by atoms with E-state index in [1.807, 2.05) is 6.08 Å². The molecule has 1 aliphatic rings. The summed E-state index contributed by atoms with van der Waals surface area (Å²) < 4.78 is 13.7. The van der Waals surface area contributed by atoms with Crippen molar-refractivity contribution in [3.05, 3.63) is 45.7 Å². The van der Waals surface area contributed by atoms with E-state index in [0.717, 1.165) is 30.4 Å². The predicted octanol–water partition coefficient (Wildman–Crippen LogP) is 4.20. The molecule has 0 aliphatic heterocycles. The minimum absolute atomic E-state index is 0.121. The zero-order chi connectivity index (χ0) is 12.3. The molecule has 0 saturated carbocycles. The van der Waals surface area contributed by atoms with Gasteiger partial charge in [-0.15, -0.1) is 0 Å². The molecule has 0 saturated heterocycles. The fraction of sp³-hybridized carbons (Fsp3) is 0.357. The van der Waals surface area contributed by atoms with Gasteiger partial charge in [0, 0.05) is 6.42 Å². The zero-order valence-corrected chi connectivity index (χ0v) is 11.1. The van der Waals surface area contributed by atoms with E-state index in [0.29, 0.717) is 4.47 Å². The second kappa shape index (κ2) is 5.58. The van der Waals surface area contributed by atoms with E-state index < -0.39 is 0 Å². The van der Waals surface area contributed by atoms with Gasteiger partial charge in [0.1, 0.15) is 5.82 Å². The Balaban J connectivity index is 2.13. The first-order valence-electron chi connectivity index (χ1n) is 5.83. The van der Waals surface area contributed by atoms with Gasteiger partial charge in [0.2, 0.25) is 0 Å². The molecule has 0 atom stereocenters. The molecule has 1 aromatic rings. The number of hydrogen-bond donors (Lipinski definition) is 0. The van der Waals surface area contributed by atoms with Crippen molar-refractivity contribution in [3.8, 4) is 0 Å². The van der Waals surface area contributed by atoms with Crippen LogP contribution in [0.2, 0.25) is 0 Å². The fourth-order valence-corrected chi connectivity index (χ4v) is 2.47. The molecule has 1 aromatic carbocycles. The minimum Gasteiger partial charge on any atom is -0.294 e. The average molecular weight is 297 g/mol. The van der Waals surface area contributed by atoms with Crippen LogP contribution >= 0.6 is 15.9 Å². The van der Waals surface area contributed by atoms with Crippen molar-refractivity contribution in [3.63, 3.8) is 0 Å². The van der Waals surface area contributed by atoms with Gasteiger partial charge in [0.05, 0.1) is 4.47 Å². The number of Topliss-reactive ketones (excluding diaryl/α,β-unsaturated/α-hetero) is 1. The summed E-state index contributed by atoms with van der Waals surface area (Å²) in [6.07, 6.45) is 6.42. The SMILES string of the molecule is O=C(Cc1cccc(F)c1Br)C1=CCCCC1. The van der Waals surface area contributed by atoms with E-state index in [2.05, 4.69) is 15.9 Å². The standard InChI is InChI=1S/C14H14BrFO/c15-14-11(7-4-8-12(14)16)9-13(17)10-5-2-1-3-6-10/h4-5,7-8H,1-3,6,9H2. The van der Waals surface area contributed by atoms with Gasteiger partial charge in [-0.25, -0.2) is 4.39 Å². The van der Waals surface area contributed by atoms with Gasteiger partial charge >= 0.3 is 0 Å². The molecule has 90 valence electrons. The van der Waals surface area contributed by atoms with Crippen molar-refractivity contribution in [2.75, 3.05) is 0 Å². The number of halogens is 2. The highest BCUT2D eigenvalue weighted by Crippen LogP contribution is 2.24. The number of ketones is 1. The van der Waals surface area contributed by atoms with Crippen LogP contribution in [0.25, 0.3) is 0 Å². The quantitative estimate of drug-likeness (QED) is 0.817. The maximum absolute atomic E-state index is 13.3. The maximum atomic E-state index is 13.3. The molecule has 3 heteroatoms. The first kappa shape index (κ1) is 12.5. The third-order valence-corrected chi connectivity index (χ3v) is 3.92. The molecule has 0 amide bonds. The number of carbonyl (C=O) groups excluding carboxylic acids is 1. The van der Waals surface area contributed by atoms with E-state index in [1.165, 1.54) is 12.5 Å². The highest BCUT2D eigenvalue weighted by molar-refractivity contribution is 9.10. The number of rotatable bonds is 3. The molecular formula is C14H14BrFO. The summed E-state index contributed by atoms with van der Waals surface area (Å²) in [5.41, 5.74) is 1.63. The lowest BCUT2D eigenvalue weighted by Gasteiger charge is -2.12. The molecule has 0 spiro atoms. The lowest BCUT2D eigenvalue weighted by Crippen LogP contribution is -2.09. The second-order valence-electron chi connectivity index (χ2n) is 4.29. The van der Waals surface area contributed by atoms with Crippen LogP contribution in [0.15, 0.2) is 34.3 Å². The summed E-state index contributed by atoms with van der Waals surface area (Å²) in [7, 11) is 0. The number of hydrogen-bond acceptors (Lipinski definition) is 1. The Labute approximate surface area is 109 Å². The summed E-state index contributed by atoms with van der Waals surface area (Å²) in [5, 5.41) is 0. The fourth-order valence-electron chi connectivity index (χ4n) is 2.06. The molecule has 0 unspecified atom stereocenters. The molecule has 1 aliphatic carbocycles. The van der Waals surface area contributed by atoms with E-state index in [-0.39, 0.29) is 18.0 Å². The van der Waals surface area contributed by atoms with Crippen LogP contribution in [0.4, 0.5) is 4.39 Å². The summed E-state index contributed by atoms with van der Waals surface area (Å²) in [6, 6.07) is 4.81. The second-order valence-corrected chi connectivity index (χ2v) is 5.08. The lowest BCUT2D eigenvalue weighted by atomic mass is 9.93. The van der Waals surface area contributed by atoms with Crippen molar-refractivity contribution in [2.45, 2.75) is 32.1 Å². The molecule has 1 nitrogen and oxygen atoms in total. The Morgan fingerprint density at radius 1 is 1.35 bits per heavy atom. The first-order valence-corrected chi connectivity index (χ1v) is 6.63. The van der Waals surface area contributed by atoms with Gasteiger partial charge < -0.3 is 0 Å². The van der Waals surface area contributed by atoms with Gasteiger partial charge in [-0.2, -0.15) is 0 Å². The summed E-state index contributed by atoms with van der Waals surface area (Å²) in [5.74, 6) is -0.191. The summed E-state index contributed by atoms with van der Waals surface area (Å²) >= 11 is 3.19. The molecule has 17 heavy (non-hydrogen) atoms. The van der Waals surface area contributed by atoms with Gasteiger partial charge in [0.25, 0.3) is 0 Å². The van der Waals surface area contributed by atoms with Crippen LogP contribution in [-0.4, -0.2) is 5.78 Å². The molecular weight excluding hydrogens is 283 g/mol. The van der Waals surface area contributed by atoms with Gasteiger partial charge in [-0.1, -0.05) is 18.2 Å². The third kappa shape index (κ3) is 3.03. The molecule has 0 heterocycles. The molecule has 0 aromatic heterocycles. The normalized spacial score (nSPS) is 15.5.